The Bertz CT molecular complexity index is 1900. The second-order valence-electron chi connectivity index (χ2n) is 11.8. The number of ether oxygens (including phenoxy) is 2. The third kappa shape index (κ3) is 8.11. The van der Waals surface area contributed by atoms with Crippen molar-refractivity contribution < 1.29 is 69.8 Å². The van der Waals surface area contributed by atoms with E-state index in [4.69, 9.17) is 26.1 Å². The first-order chi connectivity index (χ1) is 24.2. The molecule has 0 bridgehead atoms. The molecule has 5 rings (SSSR count). The van der Waals surface area contributed by atoms with E-state index >= 15 is 0 Å². The molecule has 2 heterocycles. The molecule has 0 aromatic heterocycles. The highest BCUT2D eigenvalue weighted by molar-refractivity contribution is 7.80. The van der Waals surface area contributed by atoms with E-state index in [1.54, 1.807) is 6.07 Å². The minimum atomic E-state index is -1.96. The van der Waals surface area contributed by atoms with Crippen molar-refractivity contribution in [3.8, 4) is 28.2 Å². The fraction of sp³-hybridized carbons (Fsp3) is 0.364. The van der Waals surface area contributed by atoms with Crippen LogP contribution in [0.2, 0.25) is 0 Å². The molecule has 2 aromatic carbocycles. The number of aliphatic hydroxyl groups is 8. The summed E-state index contributed by atoms with van der Waals surface area (Å²) in [6, 6.07) is 12.7. The van der Waals surface area contributed by atoms with Gasteiger partial charge in [0.2, 0.25) is 0 Å². The SMILES string of the molecule is O=C(O)c1cc(NC(=S)NC[C@H](O)[C@@H](O)[C@H](O[C@@H]2O[C@H](CO)[C@@H](O)[C@H](O)[C@H]2O)[C@H](O)CO)ccc1-c1c2ccc(=O)cc-2oc2cc(O)ccc12. The zero-order chi connectivity index (χ0) is 37.1. The number of rotatable bonds is 12. The maximum Gasteiger partial charge on any atom is 0.336 e. The smallest absolute Gasteiger partial charge is 0.336 e. The Balaban J connectivity index is 1.32. The Labute approximate surface area is 293 Å². The van der Waals surface area contributed by atoms with Crippen LogP contribution in [-0.4, -0.2) is 137 Å². The fourth-order valence-corrected chi connectivity index (χ4v) is 5.92. The maximum atomic E-state index is 12.5. The van der Waals surface area contributed by atoms with Gasteiger partial charge in [-0.1, -0.05) is 6.07 Å². The molecular weight excluding hydrogens is 696 g/mol. The summed E-state index contributed by atoms with van der Waals surface area (Å²) in [4.78, 5) is 24.6. The van der Waals surface area contributed by atoms with Crippen molar-refractivity contribution in [2.45, 2.75) is 55.1 Å². The number of carboxylic acids is 1. The highest BCUT2D eigenvalue weighted by atomic mass is 32.1. The Hall–Kier alpha value is -4.31. The molecule has 9 atom stereocenters. The lowest BCUT2D eigenvalue weighted by Gasteiger charge is -2.42. The lowest BCUT2D eigenvalue weighted by atomic mass is 9.90. The van der Waals surface area contributed by atoms with Crippen LogP contribution in [0.3, 0.4) is 0 Å². The van der Waals surface area contributed by atoms with Crippen LogP contribution in [0.5, 0.6) is 5.75 Å². The monoisotopic (exact) mass is 732 g/mol. The van der Waals surface area contributed by atoms with Crippen molar-refractivity contribution in [3.63, 3.8) is 0 Å². The summed E-state index contributed by atoms with van der Waals surface area (Å²) in [6.07, 6.45) is -16.0. The number of phenolic OH excluding ortho intramolecular Hbond substituents is 1. The first-order valence-corrected chi connectivity index (χ1v) is 15.9. The molecule has 2 aliphatic heterocycles. The van der Waals surface area contributed by atoms with E-state index in [-0.39, 0.29) is 44.4 Å². The van der Waals surface area contributed by atoms with E-state index < -0.39 is 80.8 Å². The lowest BCUT2D eigenvalue weighted by molar-refractivity contribution is -0.327. The van der Waals surface area contributed by atoms with Crippen molar-refractivity contribution in [3.05, 3.63) is 70.4 Å². The lowest BCUT2D eigenvalue weighted by Crippen LogP contribution is -2.61. The Morgan fingerprint density at radius 3 is 2.33 bits per heavy atom. The number of aromatic carboxylic acids is 1. The van der Waals surface area contributed by atoms with Gasteiger partial charge in [0.25, 0.3) is 0 Å². The number of benzene rings is 3. The van der Waals surface area contributed by atoms with Crippen LogP contribution in [0.4, 0.5) is 5.69 Å². The fourth-order valence-electron chi connectivity index (χ4n) is 5.72. The highest BCUT2D eigenvalue weighted by Crippen LogP contribution is 2.42. The minimum Gasteiger partial charge on any atom is -0.508 e. The molecule has 1 saturated heterocycles. The van der Waals surface area contributed by atoms with Gasteiger partial charge in [-0.05, 0) is 54.2 Å². The van der Waals surface area contributed by atoms with E-state index in [1.165, 1.54) is 48.5 Å². The zero-order valence-electron chi connectivity index (χ0n) is 26.4. The molecular formula is C33H36N2O15S. The topological polar surface area (TPSA) is 292 Å². The predicted molar refractivity (Wildman–Crippen MR) is 181 cm³/mol. The number of thiocarbonyl (C=S) groups is 1. The zero-order valence-corrected chi connectivity index (χ0v) is 27.3. The van der Waals surface area contributed by atoms with Gasteiger partial charge in [0.1, 0.15) is 59.8 Å². The number of aromatic hydroxyl groups is 1. The summed E-state index contributed by atoms with van der Waals surface area (Å²) in [6.45, 7) is -2.23. The number of aliphatic hydroxyl groups excluding tert-OH is 8. The Kier molecular flexibility index (Phi) is 11.8. The van der Waals surface area contributed by atoms with Gasteiger partial charge >= 0.3 is 5.97 Å². The van der Waals surface area contributed by atoms with Crippen LogP contribution in [0.1, 0.15) is 10.4 Å². The molecule has 0 radical (unpaired) electrons. The van der Waals surface area contributed by atoms with Crippen molar-refractivity contribution in [1.82, 2.24) is 5.32 Å². The molecule has 0 saturated carbocycles. The third-order valence-corrected chi connectivity index (χ3v) is 8.61. The van der Waals surface area contributed by atoms with Gasteiger partial charge in [0, 0.05) is 40.9 Å². The average Bonchev–Trinajstić information content (AvgIpc) is 3.10. The quantitative estimate of drug-likeness (QED) is 0.0584. The van der Waals surface area contributed by atoms with Crippen molar-refractivity contribution in [1.29, 1.82) is 0 Å². The highest BCUT2D eigenvalue weighted by Gasteiger charge is 2.46. The van der Waals surface area contributed by atoms with Gasteiger partial charge in [-0.2, -0.15) is 0 Å². The summed E-state index contributed by atoms with van der Waals surface area (Å²) in [5, 5.41) is 107. The van der Waals surface area contributed by atoms with E-state index in [0.29, 0.717) is 16.5 Å². The molecule has 0 amide bonds. The molecule has 274 valence electrons. The number of nitrogens with one attached hydrogen (secondary N) is 2. The Morgan fingerprint density at radius 1 is 0.922 bits per heavy atom. The number of phenols is 1. The number of hydrogen-bond donors (Lipinski definition) is 12. The van der Waals surface area contributed by atoms with Gasteiger partial charge < -0.3 is 75.6 Å². The number of carboxylic acid groups (broad SMARTS) is 1. The molecule has 2 aromatic rings. The van der Waals surface area contributed by atoms with Crippen molar-refractivity contribution in [2.24, 2.45) is 0 Å². The summed E-state index contributed by atoms with van der Waals surface area (Å²) in [5.41, 5.74) is 1.04. The number of hydrogen-bond acceptors (Lipinski definition) is 15. The van der Waals surface area contributed by atoms with Gasteiger partial charge in [-0.3, -0.25) is 4.79 Å². The van der Waals surface area contributed by atoms with Crippen LogP contribution in [-0.2, 0) is 9.47 Å². The normalized spacial score (nSPS) is 23.0. The van der Waals surface area contributed by atoms with Crippen molar-refractivity contribution in [2.75, 3.05) is 25.1 Å². The molecule has 1 aliphatic carbocycles. The average molecular weight is 733 g/mol. The first kappa shape index (κ1) is 37.9. The van der Waals surface area contributed by atoms with E-state index in [2.05, 4.69) is 10.6 Å². The summed E-state index contributed by atoms with van der Waals surface area (Å²) < 4.78 is 16.5. The Morgan fingerprint density at radius 2 is 1.65 bits per heavy atom. The van der Waals surface area contributed by atoms with Gasteiger partial charge in [0.05, 0.1) is 24.9 Å². The summed E-state index contributed by atoms with van der Waals surface area (Å²) in [5.74, 6) is -1.24. The largest absolute Gasteiger partial charge is 0.508 e. The van der Waals surface area contributed by atoms with Gasteiger partial charge in [-0.25, -0.2) is 4.79 Å². The molecule has 18 heteroatoms. The summed E-state index contributed by atoms with van der Waals surface area (Å²) in [7, 11) is 0. The molecule has 3 aliphatic rings. The number of anilines is 1. The molecule has 12 N–H and O–H groups in total. The van der Waals surface area contributed by atoms with Crippen LogP contribution in [0.25, 0.3) is 33.4 Å². The second-order valence-corrected chi connectivity index (χ2v) is 12.2. The van der Waals surface area contributed by atoms with Crippen molar-refractivity contribution >= 4 is 40.0 Å². The minimum absolute atomic E-state index is 0.104. The molecule has 17 nitrogen and oxygen atoms in total. The molecule has 0 unspecified atom stereocenters. The summed E-state index contributed by atoms with van der Waals surface area (Å²) >= 11 is 5.29. The van der Waals surface area contributed by atoms with E-state index in [9.17, 15) is 60.7 Å². The molecule has 51 heavy (non-hydrogen) atoms. The first-order valence-electron chi connectivity index (χ1n) is 15.5. The van der Waals surface area contributed by atoms with Crippen LogP contribution < -0.4 is 16.1 Å². The number of fused-ring (bicyclic) bond motifs is 2. The van der Waals surface area contributed by atoms with E-state index in [1.807, 2.05) is 0 Å². The van der Waals surface area contributed by atoms with Gasteiger partial charge in [-0.15, -0.1) is 0 Å². The van der Waals surface area contributed by atoms with Crippen LogP contribution in [0, 0.1) is 0 Å². The molecule has 1 fully saturated rings. The van der Waals surface area contributed by atoms with Gasteiger partial charge in [0.15, 0.2) is 16.8 Å². The number of carbonyl (C=O) groups is 1. The molecule has 0 spiro atoms. The third-order valence-electron chi connectivity index (χ3n) is 8.36. The predicted octanol–water partition coefficient (Wildman–Crippen LogP) is -1.48. The maximum absolute atomic E-state index is 12.5. The standard InChI is InChI=1S/C33H36N2O15S/c36-11-21(41)30(50-32-29(45)28(44)27(43)24(12-37)49-32)26(42)20(40)10-34-33(51)35-13-1-4-16(19(7-13)31(46)47)25-17-5-2-14(38)8-22(17)48-23-9-15(39)3-6-18(23)25/h1-9,20-21,24,26-30,32,36-38,40-45H,10-12H2,(H,46,47)(H2,34,35,51)/t20-,21+,24+,26+,27+,28-,29+,30+,32-/m0/s1. The van der Waals surface area contributed by atoms with E-state index in [0.717, 1.165) is 0 Å². The van der Waals surface area contributed by atoms with Crippen LogP contribution in [0.15, 0.2) is 63.8 Å². The van der Waals surface area contributed by atoms with Crippen LogP contribution >= 0.6 is 12.2 Å². The second kappa shape index (κ2) is 15.9.